The van der Waals surface area contributed by atoms with Gasteiger partial charge in [0.05, 0.1) is 10.6 Å². The molecule has 1 saturated heterocycles. The Balaban J connectivity index is 1.86. The highest BCUT2D eigenvalue weighted by Gasteiger charge is 2.47. The highest BCUT2D eigenvalue weighted by atomic mass is 32.2. The van der Waals surface area contributed by atoms with Gasteiger partial charge in [-0.05, 0) is 36.8 Å². The molecule has 0 radical (unpaired) electrons. The van der Waals surface area contributed by atoms with Crippen molar-refractivity contribution in [2.75, 3.05) is 4.90 Å². The molecule has 2 heterocycles. The number of imide groups is 1. The zero-order valence-electron chi connectivity index (χ0n) is 14.8. The number of hydrogen-bond donors (Lipinski definition) is 0. The lowest BCUT2D eigenvalue weighted by Gasteiger charge is -2.19. The Morgan fingerprint density at radius 1 is 1.07 bits per heavy atom. The first-order valence-electron chi connectivity index (χ1n) is 8.17. The largest absolute Gasteiger partial charge is 0.619 e. The minimum absolute atomic E-state index is 0.0314. The Bertz CT molecular complexity index is 1050. The molecule has 154 valence electrons. The second kappa shape index (κ2) is 7.03. The van der Waals surface area contributed by atoms with Gasteiger partial charge >= 0.3 is 11.5 Å². The van der Waals surface area contributed by atoms with Crippen LogP contribution in [0.1, 0.15) is 12.5 Å². The van der Waals surface area contributed by atoms with E-state index in [1.54, 1.807) is 0 Å². The second-order valence-electron chi connectivity index (χ2n) is 6.27. The normalized spacial score (nSPS) is 17.9. The van der Waals surface area contributed by atoms with Crippen molar-refractivity contribution in [2.45, 2.75) is 29.9 Å². The van der Waals surface area contributed by atoms with Gasteiger partial charge < -0.3 is 10.1 Å². The van der Waals surface area contributed by atoms with E-state index in [4.69, 9.17) is 0 Å². The number of nitrogens with zero attached hydrogens (tertiary/aromatic N) is 3. The molecule has 3 amide bonds. The molecule has 1 aliphatic heterocycles. The van der Waals surface area contributed by atoms with Crippen LogP contribution >= 0.6 is 0 Å². The molecule has 0 N–H and O–H groups in total. The van der Waals surface area contributed by atoms with Crippen LogP contribution in [0.2, 0.25) is 0 Å². The van der Waals surface area contributed by atoms with Gasteiger partial charge in [0.15, 0.2) is 12.4 Å². The summed E-state index contributed by atoms with van der Waals surface area (Å²) in [5.41, 5.74) is -4.92. The number of benzene rings is 1. The standard InChI is InChI=1S/C17H14F3N3O5S/c1-11-15(24)23(16(25)22(11)10-12-6-8-21(26)9-7-12)13-2-4-14(5-3-13)29(27,28)17(18,19)20/h2-9,11H,10H2,1H3/t11-/m0/s1. The molecule has 0 saturated carbocycles. The van der Waals surface area contributed by atoms with Crippen molar-refractivity contribution in [3.8, 4) is 0 Å². The number of rotatable bonds is 4. The van der Waals surface area contributed by atoms with Crippen LogP contribution in [0, 0.1) is 5.21 Å². The van der Waals surface area contributed by atoms with E-state index in [0.717, 1.165) is 17.0 Å². The number of pyridine rings is 1. The predicted molar refractivity (Wildman–Crippen MR) is 93.0 cm³/mol. The van der Waals surface area contributed by atoms with Gasteiger partial charge in [0.2, 0.25) is 0 Å². The van der Waals surface area contributed by atoms with Crippen molar-refractivity contribution >= 4 is 27.5 Å². The van der Waals surface area contributed by atoms with E-state index in [2.05, 4.69) is 0 Å². The molecule has 0 unspecified atom stereocenters. The summed E-state index contributed by atoms with van der Waals surface area (Å²) >= 11 is 0. The number of carbonyl (C=O) groups is 2. The van der Waals surface area contributed by atoms with Gasteiger partial charge in [-0.25, -0.2) is 18.1 Å². The molecule has 3 rings (SSSR count). The van der Waals surface area contributed by atoms with Gasteiger partial charge in [0, 0.05) is 18.7 Å². The first-order chi connectivity index (χ1) is 13.4. The Labute approximate surface area is 163 Å². The highest BCUT2D eigenvalue weighted by Crippen LogP contribution is 2.32. The molecular weight excluding hydrogens is 415 g/mol. The number of amides is 3. The van der Waals surface area contributed by atoms with E-state index in [-0.39, 0.29) is 12.2 Å². The maximum Gasteiger partial charge on any atom is 0.501 e. The van der Waals surface area contributed by atoms with Crippen molar-refractivity contribution in [2.24, 2.45) is 0 Å². The van der Waals surface area contributed by atoms with E-state index in [0.29, 0.717) is 22.4 Å². The van der Waals surface area contributed by atoms with Crippen molar-refractivity contribution in [1.29, 1.82) is 0 Å². The van der Waals surface area contributed by atoms with Crippen molar-refractivity contribution in [1.82, 2.24) is 4.90 Å². The van der Waals surface area contributed by atoms with Crippen LogP contribution < -0.4 is 9.63 Å². The van der Waals surface area contributed by atoms with Crippen LogP contribution in [0.15, 0.2) is 53.7 Å². The number of alkyl halides is 3. The maximum absolute atomic E-state index is 12.7. The molecule has 1 atom stereocenters. The zero-order valence-corrected chi connectivity index (χ0v) is 15.6. The number of aromatic nitrogens is 1. The SMILES string of the molecule is C[C@H]1C(=O)N(c2ccc(S(=O)(=O)C(F)(F)F)cc2)C(=O)N1Cc1cc[n+]([O-])cc1. The van der Waals surface area contributed by atoms with Crippen LogP contribution in [0.3, 0.4) is 0 Å². The maximum atomic E-state index is 12.7. The minimum Gasteiger partial charge on any atom is -0.619 e. The summed E-state index contributed by atoms with van der Waals surface area (Å²) in [6.07, 6.45) is 2.47. The number of halogens is 3. The van der Waals surface area contributed by atoms with Crippen LogP contribution in [-0.2, 0) is 21.2 Å². The topological polar surface area (TPSA) is 102 Å². The molecule has 0 spiro atoms. The first-order valence-corrected chi connectivity index (χ1v) is 9.65. The van der Waals surface area contributed by atoms with Gasteiger partial charge in [-0.3, -0.25) is 4.79 Å². The molecule has 2 aromatic rings. The summed E-state index contributed by atoms with van der Waals surface area (Å²) in [7, 11) is -5.54. The molecule has 1 aromatic carbocycles. The van der Waals surface area contributed by atoms with Crippen LogP contribution in [0.5, 0.6) is 0 Å². The third-order valence-corrected chi connectivity index (χ3v) is 5.92. The van der Waals surface area contributed by atoms with E-state index in [9.17, 15) is 36.4 Å². The number of urea groups is 1. The van der Waals surface area contributed by atoms with Gasteiger partial charge in [0.25, 0.3) is 15.7 Å². The van der Waals surface area contributed by atoms with Crippen LogP contribution in [0.4, 0.5) is 23.7 Å². The molecule has 1 aromatic heterocycles. The van der Waals surface area contributed by atoms with Crippen LogP contribution in [-0.4, -0.2) is 36.8 Å². The third kappa shape index (κ3) is 3.62. The summed E-state index contributed by atoms with van der Waals surface area (Å²) in [6.45, 7) is 1.52. The number of sulfone groups is 1. The van der Waals surface area contributed by atoms with Gasteiger partial charge in [-0.1, -0.05) is 0 Å². The number of hydrogen-bond acceptors (Lipinski definition) is 5. The summed E-state index contributed by atoms with van der Waals surface area (Å²) in [6, 6.07) is 4.70. The number of anilines is 1. The average Bonchev–Trinajstić information content (AvgIpc) is 2.86. The zero-order chi connectivity index (χ0) is 21.6. The monoisotopic (exact) mass is 429 g/mol. The van der Waals surface area contributed by atoms with E-state index < -0.39 is 38.2 Å². The van der Waals surface area contributed by atoms with E-state index in [1.165, 1.54) is 36.4 Å². The smallest absolute Gasteiger partial charge is 0.501 e. The Kier molecular flexibility index (Phi) is 4.99. The molecule has 0 bridgehead atoms. The van der Waals surface area contributed by atoms with Crippen LogP contribution in [0.25, 0.3) is 0 Å². The predicted octanol–water partition coefficient (Wildman–Crippen LogP) is 1.97. The fourth-order valence-corrected chi connectivity index (χ4v) is 3.57. The van der Waals surface area contributed by atoms with Gasteiger partial charge in [-0.15, -0.1) is 0 Å². The summed E-state index contributed by atoms with van der Waals surface area (Å²) in [4.78, 5) is 26.2. The third-order valence-electron chi connectivity index (χ3n) is 4.42. The molecule has 1 aliphatic rings. The molecular formula is C17H14F3N3O5S. The van der Waals surface area contributed by atoms with E-state index >= 15 is 0 Å². The van der Waals surface area contributed by atoms with Gasteiger partial charge in [0.1, 0.15) is 6.04 Å². The molecule has 8 nitrogen and oxygen atoms in total. The Morgan fingerprint density at radius 3 is 2.14 bits per heavy atom. The summed E-state index contributed by atoms with van der Waals surface area (Å²) in [5, 5.41) is 11.1. The van der Waals surface area contributed by atoms with Crippen molar-refractivity contribution < 1.29 is 35.9 Å². The Hall–Kier alpha value is -3.15. The summed E-state index contributed by atoms with van der Waals surface area (Å²) in [5.74, 6) is -0.615. The van der Waals surface area contributed by atoms with Crippen molar-refractivity contribution in [3.63, 3.8) is 0 Å². The minimum atomic E-state index is -5.54. The fraction of sp³-hybridized carbons (Fsp3) is 0.235. The fourth-order valence-electron chi connectivity index (χ4n) is 2.80. The average molecular weight is 429 g/mol. The molecule has 1 fully saturated rings. The number of carbonyl (C=O) groups excluding carboxylic acids is 2. The lowest BCUT2D eigenvalue weighted by molar-refractivity contribution is -0.605. The van der Waals surface area contributed by atoms with Crippen molar-refractivity contribution in [3.05, 3.63) is 59.6 Å². The highest BCUT2D eigenvalue weighted by molar-refractivity contribution is 7.92. The second-order valence-corrected chi connectivity index (χ2v) is 8.21. The Morgan fingerprint density at radius 2 is 1.62 bits per heavy atom. The van der Waals surface area contributed by atoms with Gasteiger partial charge in [-0.2, -0.15) is 17.9 Å². The summed E-state index contributed by atoms with van der Waals surface area (Å²) < 4.78 is 61.4. The quantitative estimate of drug-likeness (QED) is 0.420. The first kappa shape index (κ1) is 20.6. The van der Waals surface area contributed by atoms with E-state index in [1.807, 2.05) is 0 Å². The lowest BCUT2D eigenvalue weighted by atomic mass is 10.2. The lowest BCUT2D eigenvalue weighted by Crippen LogP contribution is -2.34. The molecule has 12 heteroatoms. The molecule has 29 heavy (non-hydrogen) atoms. The molecule has 0 aliphatic carbocycles.